The lowest BCUT2D eigenvalue weighted by atomic mass is 10.00. The minimum absolute atomic E-state index is 0.184. The molecule has 6 nitrogen and oxygen atoms in total. The Bertz CT molecular complexity index is 333. The van der Waals surface area contributed by atoms with Crippen molar-refractivity contribution in [1.82, 2.24) is 10.6 Å². The fraction of sp³-hybridized carbons (Fsp3) is 0.692. The maximum Gasteiger partial charge on any atom is 0.326 e. The first-order chi connectivity index (χ1) is 9.08. The molecular formula is C13H22N2O4. The van der Waals surface area contributed by atoms with E-state index in [9.17, 15) is 9.59 Å². The minimum Gasteiger partial charge on any atom is -0.480 e. The van der Waals surface area contributed by atoms with Crippen molar-refractivity contribution in [2.24, 2.45) is 5.92 Å². The highest BCUT2D eigenvalue weighted by molar-refractivity contribution is 5.82. The van der Waals surface area contributed by atoms with E-state index in [1.807, 2.05) is 6.92 Å². The number of carboxylic acids is 1. The lowest BCUT2D eigenvalue weighted by Crippen LogP contribution is -2.47. The predicted octanol–water partition coefficient (Wildman–Crippen LogP) is 1.13. The summed E-state index contributed by atoms with van der Waals surface area (Å²) < 4.78 is 5.53. The molecule has 108 valence electrons. The zero-order valence-electron chi connectivity index (χ0n) is 11.2. The van der Waals surface area contributed by atoms with E-state index in [0.717, 1.165) is 19.4 Å². The minimum atomic E-state index is -1.06. The van der Waals surface area contributed by atoms with Gasteiger partial charge in [-0.3, -0.25) is 0 Å². The first-order valence-electron chi connectivity index (χ1n) is 6.58. The second-order valence-electron chi connectivity index (χ2n) is 4.64. The van der Waals surface area contributed by atoms with E-state index in [0.29, 0.717) is 12.5 Å². The van der Waals surface area contributed by atoms with E-state index < -0.39 is 18.0 Å². The predicted molar refractivity (Wildman–Crippen MR) is 70.9 cm³/mol. The fourth-order valence-corrected chi connectivity index (χ4v) is 2.20. The van der Waals surface area contributed by atoms with Gasteiger partial charge >= 0.3 is 12.0 Å². The molecule has 3 atom stereocenters. The van der Waals surface area contributed by atoms with Gasteiger partial charge in [0, 0.05) is 19.1 Å². The first kappa shape index (κ1) is 15.5. The number of hydrogen-bond acceptors (Lipinski definition) is 3. The van der Waals surface area contributed by atoms with Crippen molar-refractivity contribution in [1.29, 1.82) is 0 Å². The SMILES string of the molecule is C=CCC(NC(=O)NCC1CCOC1CC)C(=O)O. The molecular weight excluding hydrogens is 248 g/mol. The van der Waals surface area contributed by atoms with Crippen LogP contribution in [-0.2, 0) is 9.53 Å². The maximum absolute atomic E-state index is 11.6. The number of aliphatic carboxylic acids is 1. The number of rotatable bonds is 7. The highest BCUT2D eigenvalue weighted by Gasteiger charge is 2.27. The molecule has 0 bridgehead atoms. The Morgan fingerprint density at radius 1 is 1.58 bits per heavy atom. The standard InChI is InChI=1S/C13H22N2O4/c1-3-5-10(12(16)17)15-13(18)14-8-9-6-7-19-11(9)4-2/h3,9-11H,1,4-8H2,2H3,(H,16,17)(H2,14,15,18). The van der Waals surface area contributed by atoms with Gasteiger partial charge in [-0.1, -0.05) is 13.0 Å². The second-order valence-corrected chi connectivity index (χ2v) is 4.64. The summed E-state index contributed by atoms with van der Waals surface area (Å²) in [4.78, 5) is 22.5. The molecule has 0 aromatic carbocycles. The molecule has 1 saturated heterocycles. The molecule has 0 saturated carbocycles. The Morgan fingerprint density at radius 2 is 2.32 bits per heavy atom. The van der Waals surface area contributed by atoms with Crippen LogP contribution in [0.5, 0.6) is 0 Å². The summed E-state index contributed by atoms with van der Waals surface area (Å²) >= 11 is 0. The summed E-state index contributed by atoms with van der Waals surface area (Å²) in [6, 6.07) is -1.39. The van der Waals surface area contributed by atoms with Crippen molar-refractivity contribution >= 4 is 12.0 Å². The van der Waals surface area contributed by atoms with Gasteiger partial charge < -0.3 is 20.5 Å². The van der Waals surface area contributed by atoms with Gasteiger partial charge in [-0.15, -0.1) is 6.58 Å². The van der Waals surface area contributed by atoms with E-state index in [1.54, 1.807) is 0 Å². The Morgan fingerprint density at radius 3 is 2.89 bits per heavy atom. The van der Waals surface area contributed by atoms with Crippen LogP contribution in [0.15, 0.2) is 12.7 Å². The Balaban J connectivity index is 2.34. The molecule has 0 aromatic rings. The summed E-state index contributed by atoms with van der Waals surface area (Å²) in [7, 11) is 0. The zero-order chi connectivity index (χ0) is 14.3. The number of hydrogen-bond donors (Lipinski definition) is 3. The molecule has 2 amide bonds. The highest BCUT2D eigenvalue weighted by Crippen LogP contribution is 2.22. The van der Waals surface area contributed by atoms with E-state index in [4.69, 9.17) is 9.84 Å². The van der Waals surface area contributed by atoms with Crippen LogP contribution in [0.4, 0.5) is 4.79 Å². The van der Waals surface area contributed by atoms with Crippen LogP contribution in [0.2, 0.25) is 0 Å². The van der Waals surface area contributed by atoms with Crippen molar-refractivity contribution in [2.75, 3.05) is 13.2 Å². The molecule has 1 aliphatic rings. The summed E-state index contributed by atoms with van der Waals surface area (Å²) in [5.41, 5.74) is 0. The van der Waals surface area contributed by atoms with Gasteiger partial charge in [0.15, 0.2) is 0 Å². The lowest BCUT2D eigenvalue weighted by molar-refractivity contribution is -0.139. The molecule has 1 fully saturated rings. The van der Waals surface area contributed by atoms with E-state index in [2.05, 4.69) is 17.2 Å². The van der Waals surface area contributed by atoms with Gasteiger partial charge in [-0.2, -0.15) is 0 Å². The molecule has 0 aliphatic carbocycles. The molecule has 1 aliphatic heterocycles. The number of carboxylic acid groups (broad SMARTS) is 1. The number of nitrogens with one attached hydrogen (secondary N) is 2. The maximum atomic E-state index is 11.6. The molecule has 3 N–H and O–H groups in total. The third-order valence-electron chi connectivity index (χ3n) is 3.28. The van der Waals surface area contributed by atoms with Crippen LogP contribution in [0, 0.1) is 5.92 Å². The lowest BCUT2D eigenvalue weighted by Gasteiger charge is -2.18. The summed E-state index contributed by atoms with van der Waals surface area (Å²) in [6.07, 6.45) is 3.70. The van der Waals surface area contributed by atoms with Crippen molar-refractivity contribution in [3.63, 3.8) is 0 Å². The third kappa shape index (κ3) is 4.90. The van der Waals surface area contributed by atoms with Crippen molar-refractivity contribution in [3.05, 3.63) is 12.7 Å². The molecule has 0 aromatic heterocycles. The van der Waals surface area contributed by atoms with Crippen LogP contribution in [0.25, 0.3) is 0 Å². The Kier molecular flexibility index (Phi) is 6.35. The molecule has 6 heteroatoms. The fourth-order valence-electron chi connectivity index (χ4n) is 2.20. The van der Waals surface area contributed by atoms with Crippen LogP contribution in [-0.4, -0.2) is 42.4 Å². The average Bonchev–Trinajstić information content (AvgIpc) is 2.83. The summed E-state index contributed by atoms with van der Waals surface area (Å²) in [6.45, 7) is 6.75. The molecule has 1 rings (SSSR count). The van der Waals surface area contributed by atoms with Crippen molar-refractivity contribution in [2.45, 2.75) is 38.3 Å². The van der Waals surface area contributed by atoms with Crippen LogP contribution >= 0.6 is 0 Å². The van der Waals surface area contributed by atoms with Gasteiger partial charge in [0.05, 0.1) is 6.10 Å². The average molecular weight is 270 g/mol. The quantitative estimate of drug-likeness (QED) is 0.605. The second kappa shape index (κ2) is 7.78. The van der Waals surface area contributed by atoms with Crippen molar-refractivity contribution in [3.8, 4) is 0 Å². The van der Waals surface area contributed by atoms with Gasteiger partial charge in [0.25, 0.3) is 0 Å². The van der Waals surface area contributed by atoms with E-state index in [1.165, 1.54) is 6.08 Å². The monoisotopic (exact) mass is 270 g/mol. The van der Waals surface area contributed by atoms with Gasteiger partial charge in [-0.25, -0.2) is 9.59 Å². The van der Waals surface area contributed by atoms with Gasteiger partial charge in [0.2, 0.25) is 0 Å². The molecule has 3 unspecified atom stereocenters. The summed E-state index contributed by atoms with van der Waals surface area (Å²) in [5, 5.41) is 14.0. The number of amides is 2. The molecule has 0 radical (unpaired) electrons. The first-order valence-corrected chi connectivity index (χ1v) is 6.58. The molecule has 1 heterocycles. The van der Waals surface area contributed by atoms with Gasteiger partial charge in [-0.05, 0) is 19.3 Å². The topological polar surface area (TPSA) is 87.7 Å². The van der Waals surface area contributed by atoms with Crippen LogP contribution < -0.4 is 10.6 Å². The number of carbonyl (C=O) groups is 2. The highest BCUT2D eigenvalue weighted by atomic mass is 16.5. The third-order valence-corrected chi connectivity index (χ3v) is 3.28. The molecule has 19 heavy (non-hydrogen) atoms. The van der Waals surface area contributed by atoms with Crippen molar-refractivity contribution < 1.29 is 19.4 Å². The van der Waals surface area contributed by atoms with E-state index >= 15 is 0 Å². The zero-order valence-corrected chi connectivity index (χ0v) is 11.2. The number of ether oxygens (including phenoxy) is 1. The largest absolute Gasteiger partial charge is 0.480 e. The van der Waals surface area contributed by atoms with Crippen LogP contribution in [0.3, 0.4) is 0 Å². The van der Waals surface area contributed by atoms with Crippen LogP contribution in [0.1, 0.15) is 26.2 Å². The molecule has 0 spiro atoms. The number of carbonyl (C=O) groups excluding carboxylic acids is 1. The Hall–Kier alpha value is -1.56. The number of urea groups is 1. The summed E-state index contributed by atoms with van der Waals surface area (Å²) in [5.74, 6) is -0.760. The smallest absolute Gasteiger partial charge is 0.326 e. The Labute approximate surface area is 113 Å². The van der Waals surface area contributed by atoms with Gasteiger partial charge in [0.1, 0.15) is 6.04 Å². The van der Waals surface area contributed by atoms with E-state index in [-0.39, 0.29) is 12.5 Å². The normalized spacial score (nSPS) is 23.6.